The molecule has 1 aromatic rings. The SMILES string of the molecule is C1=CC(COCCCCCCCC[n+]2ccccc2)C=C1. The summed E-state index contributed by atoms with van der Waals surface area (Å²) < 4.78 is 7.96. The molecule has 0 saturated carbocycles. The van der Waals surface area contributed by atoms with Crippen molar-refractivity contribution in [2.75, 3.05) is 13.2 Å². The van der Waals surface area contributed by atoms with Crippen LogP contribution in [-0.4, -0.2) is 13.2 Å². The van der Waals surface area contributed by atoms with E-state index in [9.17, 15) is 0 Å². The maximum Gasteiger partial charge on any atom is 0.168 e. The normalized spacial score (nSPS) is 14.1. The van der Waals surface area contributed by atoms with E-state index >= 15 is 0 Å². The summed E-state index contributed by atoms with van der Waals surface area (Å²) in [6.07, 6.45) is 20.7. The van der Waals surface area contributed by atoms with Gasteiger partial charge < -0.3 is 4.74 Å². The second kappa shape index (κ2) is 10.3. The minimum absolute atomic E-state index is 0.514. The number of unbranched alkanes of at least 4 members (excludes halogenated alkanes) is 5. The first-order valence-electron chi connectivity index (χ1n) is 8.32. The van der Waals surface area contributed by atoms with Crippen LogP contribution in [-0.2, 0) is 11.3 Å². The first-order chi connectivity index (χ1) is 10.4. The van der Waals surface area contributed by atoms with Crippen molar-refractivity contribution in [1.29, 1.82) is 0 Å². The summed E-state index contributed by atoms with van der Waals surface area (Å²) >= 11 is 0. The van der Waals surface area contributed by atoms with Crippen LogP contribution in [0.4, 0.5) is 0 Å². The van der Waals surface area contributed by atoms with Crippen LogP contribution in [0.2, 0.25) is 0 Å². The van der Waals surface area contributed by atoms with Gasteiger partial charge in [-0.05, 0) is 12.8 Å². The smallest absolute Gasteiger partial charge is 0.168 e. The van der Waals surface area contributed by atoms with E-state index in [1.807, 2.05) is 0 Å². The maximum absolute atomic E-state index is 5.70. The zero-order valence-electron chi connectivity index (χ0n) is 13.0. The van der Waals surface area contributed by atoms with E-state index in [1.165, 1.54) is 38.5 Å². The zero-order chi connectivity index (χ0) is 14.6. The van der Waals surface area contributed by atoms with Crippen LogP contribution in [0.1, 0.15) is 38.5 Å². The quantitative estimate of drug-likeness (QED) is 0.441. The molecular formula is C19H28NO+. The van der Waals surface area contributed by atoms with Crippen LogP contribution < -0.4 is 4.57 Å². The molecule has 2 rings (SSSR count). The molecule has 21 heavy (non-hydrogen) atoms. The molecule has 0 atom stereocenters. The van der Waals surface area contributed by atoms with Gasteiger partial charge in [-0.2, -0.15) is 0 Å². The lowest BCUT2D eigenvalue weighted by atomic mass is 10.1. The standard InChI is InChI=1S/C19H28NO/c1(3-8-14-20-15-9-5-10-16-20)2-4-11-17-21-18-19-12-6-7-13-19/h5-7,9-10,12-13,15-16,19H,1-4,8,11,14,17-18H2/q+1. The molecule has 2 nitrogen and oxygen atoms in total. The van der Waals surface area contributed by atoms with E-state index in [0.29, 0.717) is 5.92 Å². The predicted octanol–water partition coefficient (Wildman–Crippen LogP) is 4.07. The Balaban J connectivity index is 1.34. The molecule has 0 saturated heterocycles. The van der Waals surface area contributed by atoms with Crippen molar-refractivity contribution >= 4 is 0 Å². The number of aryl methyl sites for hydroxylation is 1. The Labute approximate surface area is 129 Å². The highest BCUT2D eigenvalue weighted by molar-refractivity contribution is 5.17. The highest BCUT2D eigenvalue weighted by Gasteiger charge is 2.03. The molecule has 2 heteroatoms. The molecule has 0 spiro atoms. The van der Waals surface area contributed by atoms with Crippen LogP contribution in [0.15, 0.2) is 54.9 Å². The van der Waals surface area contributed by atoms with Crippen molar-refractivity contribution in [3.8, 4) is 0 Å². The topological polar surface area (TPSA) is 13.1 Å². The van der Waals surface area contributed by atoms with Gasteiger partial charge in [-0.15, -0.1) is 0 Å². The number of pyridine rings is 1. The summed E-state index contributed by atoms with van der Waals surface area (Å²) in [4.78, 5) is 0. The van der Waals surface area contributed by atoms with E-state index in [0.717, 1.165) is 19.8 Å². The fourth-order valence-electron chi connectivity index (χ4n) is 2.60. The minimum atomic E-state index is 0.514. The number of rotatable bonds is 11. The second-order valence-electron chi connectivity index (χ2n) is 5.74. The first-order valence-corrected chi connectivity index (χ1v) is 8.32. The fraction of sp³-hybridized carbons (Fsp3) is 0.526. The van der Waals surface area contributed by atoms with Gasteiger partial charge in [0.2, 0.25) is 0 Å². The van der Waals surface area contributed by atoms with Gasteiger partial charge in [0, 0.05) is 31.1 Å². The average Bonchev–Trinajstić information content (AvgIpc) is 3.03. The minimum Gasteiger partial charge on any atom is -0.381 e. The van der Waals surface area contributed by atoms with Gasteiger partial charge in [0.05, 0.1) is 6.61 Å². The van der Waals surface area contributed by atoms with Gasteiger partial charge >= 0.3 is 0 Å². The molecule has 0 bridgehead atoms. The van der Waals surface area contributed by atoms with E-state index in [1.54, 1.807) is 0 Å². The molecule has 0 N–H and O–H groups in total. The number of allylic oxidation sites excluding steroid dienone is 2. The third kappa shape index (κ3) is 7.24. The zero-order valence-corrected chi connectivity index (χ0v) is 13.0. The number of hydrogen-bond acceptors (Lipinski definition) is 1. The van der Waals surface area contributed by atoms with E-state index in [4.69, 9.17) is 4.74 Å². The van der Waals surface area contributed by atoms with Crippen molar-refractivity contribution < 1.29 is 9.30 Å². The van der Waals surface area contributed by atoms with Gasteiger partial charge in [0.25, 0.3) is 0 Å². The first kappa shape index (κ1) is 16.0. The molecule has 0 amide bonds. The van der Waals surface area contributed by atoms with E-state index in [2.05, 4.69) is 59.5 Å². The van der Waals surface area contributed by atoms with Gasteiger partial charge in [0.15, 0.2) is 12.4 Å². The van der Waals surface area contributed by atoms with E-state index in [-0.39, 0.29) is 0 Å². The largest absolute Gasteiger partial charge is 0.381 e. The number of aromatic nitrogens is 1. The van der Waals surface area contributed by atoms with Crippen molar-refractivity contribution in [2.45, 2.75) is 45.1 Å². The molecule has 0 fully saturated rings. The molecule has 1 heterocycles. The monoisotopic (exact) mass is 286 g/mol. The molecule has 114 valence electrons. The van der Waals surface area contributed by atoms with Gasteiger partial charge in [0.1, 0.15) is 6.54 Å². The third-order valence-electron chi connectivity index (χ3n) is 3.87. The molecule has 0 aromatic carbocycles. The summed E-state index contributed by atoms with van der Waals surface area (Å²) in [6, 6.07) is 6.26. The molecular weight excluding hydrogens is 258 g/mol. The number of ether oxygens (including phenoxy) is 1. The Morgan fingerprint density at radius 2 is 1.43 bits per heavy atom. The van der Waals surface area contributed by atoms with Crippen molar-refractivity contribution in [3.63, 3.8) is 0 Å². The Morgan fingerprint density at radius 3 is 2.19 bits per heavy atom. The Hall–Kier alpha value is -1.41. The summed E-state index contributed by atoms with van der Waals surface area (Å²) in [5.74, 6) is 0.514. The fourth-order valence-corrected chi connectivity index (χ4v) is 2.60. The van der Waals surface area contributed by atoms with Crippen LogP contribution >= 0.6 is 0 Å². The lowest BCUT2D eigenvalue weighted by Gasteiger charge is -2.07. The summed E-state index contributed by atoms with van der Waals surface area (Å²) in [7, 11) is 0. The molecule has 0 aliphatic heterocycles. The molecule has 0 radical (unpaired) electrons. The highest BCUT2D eigenvalue weighted by Crippen LogP contribution is 2.10. The number of hydrogen-bond donors (Lipinski definition) is 0. The molecule has 1 aliphatic carbocycles. The van der Waals surface area contributed by atoms with Gasteiger partial charge in [-0.25, -0.2) is 4.57 Å². The van der Waals surface area contributed by atoms with Crippen molar-refractivity contribution in [1.82, 2.24) is 0 Å². The van der Waals surface area contributed by atoms with E-state index < -0.39 is 0 Å². The third-order valence-corrected chi connectivity index (χ3v) is 3.87. The van der Waals surface area contributed by atoms with Crippen molar-refractivity contribution in [3.05, 3.63) is 54.9 Å². The summed E-state index contributed by atoms with van der Waals surface area (Å²) in [5, 5.41) is 0. The Kier molecular flexibility index (Phi) is 7.86. The molecule has 0 unspecified atom stereocenters. The lowest BCUT2D eigenvalue weighted by Crippen LogP contribution is -2.32. The number of nitrogens with zero attached hydrogens (tertiary/aromatic N) is 1. The van der Waals surface area contributed by atoms with Crippen LogP contribution in [0, 0.1) is 5.92 Å². The van der Waals surface area contributed by atoms with Gasteiger partial charge in [-0.1, -0.05) is 49.6 Å². The van der Waals surface area contributed by atoms with Crippen LogP contribution in [0.5, 0.6) is 0 Å². The average molecular weight is 286 g/mol. The molecule has 1 aromatic heterocycles. The highest BCUT2D eigenvalue weighted by atomic mass is 16.5. The molecule has 1 aliphatic rings. The Morgan fingerprint density at radius 1 is 0.762 bits per heavy atom. The van der Waals surface area contributed by atoms with Crippen molar-refractivity contribution in [2.24, 2.45) is 5.92 Å². The van der Waals surface area contributed by atoms with Gasteiger partial charge in [-0.3, -0.25) is 0 Å². The maximum atomic E-state index is 5.70. The van der Waals surface area contributed by atoms with Crippen LogP contribution in [0.3, 0.4) is 0 Å². The predicted molar refractivity (Wildman–Crippen MR) is 86.9 cm³/mol. The lowest BCUT2D eigenvalue weighted by molar-refractivity contribution is -0.697. The Bertz CT molecular complexity index is 412. The summed E-state index contributed by atoms with van der Waals surface area (Å²) in [5.41, 5.74) is 0. The second-order valence-corrected chi connectivity index (χ2v) is 5.74. The summed E-state index contributed by atoms with van der Waals surface area (Å²) in [6.45, 7) is 2.91. The van der Waals surface area contributed by atoms with Crippen LogP contribution in [0.25, 0.3) is 0 Å².